The Morgan fingerprint density at radius 1 is 1.30 bits per heavy atom. The van der Waals surface area contributed by atoms with Crippen molar-refractivity contribution in [1.82, 2.24) is 5.32 Å². The summed E-state index contributed by atoms with van der Waals surface area (Å²) in [5.74, 6) is 0.136. The van der Waals surface area contributed by atoms with Crippen LogP contribution in [0.5, 0.6) is 0 Å². The Morgan fingerprint density at radius 2 is 2.00 bits per heavy atom. The molecule has 0 bridgehead atoms. The number of aliphatic hydroxyl groups excluding tert-OH is 1. The van der Waals surface area contributed by atoms with Gasteiger partial charge in [-0.3, -0.25) is 4.79 Å². The van der Waals surface area contributed by atoms with Gasteiger partial charge >= 0.3 is 0 Å². The van der Waals surface area contributed by atoms with E-state index >= 15 is 0 Å². The molecule has 2 N–H and O–H groups in total. The third-order valence-corrected chi connectivity index (χ3v) is 4.96. The topological polar surface area (TPSA) is 49.3 Å². The minimum Gasteiger partial charge on any atom is -0.383 e. The summed E-state index contributed by atoms with van der Waals surface area (Å²) >= 11 is 0. The SMILES string of the molecule is CC1(C2CCCC2c2ccc(F)cc2)CC(O)C(=O)N1. The van der Waals surface area contributed by atoms with Crippen LogP contribution < -0.4 is 5.32 Å². The van der Waals surface area contributed by atoms with E-state index in [0.717, 1.165) is 24.8 Å². The first kappa shape index (κ1) is 13.6. The van der Waals surface area contributed by atoms with Gasteiger partial charge in [-0.25, -0.2) is 4.39 Å². The summed E-state index contributed by atoms with van der Waals surface area (Å²) in [7, 11) is 0. The third kappa shape index (κ3) is 2.22. The van der Waals surface area contributed by atoms with Gasteiger partial charge in [-0.05, 0) is 49.3 Å². The number of aliphatic hydroxyl groups is 1. The minimum atomic E-state index is -0.894. The van der Waals surface area contributed by atoms with E-state index in [9.17, 15) is 14.3 Å². The zero-order chi connectivity index (χ0) is 14.3. The molecule has 3 rings (SSSR count). The number of carbonyl (C=O) groups is 1. The van der Waals surface area contributed by atoms with Crippen LogP contribution in [-0.2, 0) is 4.79 Å². The first-order chi connectivity index (χ1) is 9.49. The summed E-state index contributed by atoms with van der Waals surface area (Å²) in [5.41, 5.74) is 0.775. The smallest absolute Gasteiger partial charge is 0.249 e. The van der Waals surface area contributed by atoms with E-state index in [2.05, 4.69) is 5.32 Å². The van der Waals surface area contributed by atoms with Gasteiger partial charge in [0.15, 0.2) is 0 Å². The Bertz CT molecular complexity index is 516. The molecular weight excluding hydrogens is 257 g/mol. The molecule has 1 saturated heterocycles. The molecule has 1 aromatic rings. The lowest BCUT2D eigenvalue weighted by molar-refractivity contribution is -0.126. The lowest BCUT2D eigenvalue weighted by atomic mass is 9.75. The second-order valence-corrected chi connectivity index (χ2v) is 6.32. The average Bonchev–Trinajstić information content (AvgIpc) is 2.97. The van der Waals surface area contributed by atoms with Crippen molar-refractivity contribution in [3.8, 4) is 0 Å². The molecule has 2 aliphatic rings. The molecule has 0 radical (unpaired) electrons. The van der Waals surface area contributed by atoms with Crippen LogP contribution in [0.4, 0.5) is 4.39 Å². The number of nitrogens with one attached hydrogen (secondary N) is 1. The van der Waals surface area contributed by atoms with Crippen molar-refractivity contribution < 1.29 is 14.3 Å². The van der Waals surface area contributed by atoms with E-state index in [1.54, 1.807) is 0 Å². The first-order valence-corrected chi connectivity index (χ1v) is 7.25. The number of hydrogen-bond acceptors (Lipinski definition) is 2. The second-order valence-electron chi connectivity index (χ2n) is 6.32. The Labute approximate surface area is 118 Å². The van der Waals surface area contributed by atoms with Crippen LogP contribution in [0.2, 0.25) is 0 Å². The zero-order valence-electron chi connectivity index (χ0n) is 11.6. The first-order valence-electron chi connectivity index (χ1n) is 7.25. The van der Waals surface area contributed by atoms with E-state index in [0.29, 0.717) is 18.3 Å². The predicted molar refractivity (Wildman–Crippen MR) is 73.7 cm³/mol. The highest BCUT2D eigenvalue weighted by atomic mass is 19.1. The Balaban J connectivity index is 1.86. The van der Waals surface area contributed by atoms with Crippen LogP contribution in [0.25, 0.3) is 0 Å². The van der Waals surface area contributed by atoms with Crippen molar-refractivity contribution in [1.29, 1.82) is 0 Å². The van der Waals surface area contributed by atoms with E-state index in [-0.39, 0.29) is 17.3 Å². The normalized spacial score (nSPS) is 37.1. The number of halogens is 1. The quantitative estimate of drug-likeness (QED) is 0.872. The molecule has 0 spiro atoms. The molecule has 1 heterocycles. The van der Waals surface area contributed by atoms with Gasteiger partial charge in [-0.15, -0.1) is 0 Å². The summed E-state index contributed by atoms with van der Waals surface area (Å²) in [6, 6.07) is 6.67. The molecule has 108 valence electrons. The van der Waals surface area contributed by atoms with E-state index in [1.807, 2.05) is 19.1 Å². The monoisotopic (exact) mass is 277 g/mol. The van der Waals surface area contributed by atoms with Crippen LogP contribution in [0, 0.1) is 11.7 Å². The number of amides is 1. The summed E-state index contributed by atoms with van der Waals surface area (Å²) in [6.07, 6.45) is 2.76. The van der Waals surface area contributed by atoms with Crippen LogP contribution in [0.3, 0.4) is 0 Å². The lowest BCUT2D eigenvalue weighted by Gasteiger charge is -2.35. The molecule has 0 aromatic heterocycles. The highest BCUT2D eigenvalue weighted by Crippen LogP contribution is 2.47. The van der Waals surface area contributed by atoms with Crippen molar-refractivity contribution >= 4 is 5.91 Å². The van der Waals surface area contributed by atoms with Gasteiger partial charge in [0, 0.05) is 12.0 Å². The Morgan fingerprint density at radius 3 is 2.60 bits per heavy atom. The van der Waals surface area contributed by atoms with Crippen LogP contribution in [0.15, 0.2) is 24.3 Å². The van der Waals surface area contributed by atoms with Crippen LogP contribution in [0.1, 0.15) is 44.1 Å². The molecule has 1 aromatic carbocycles. The largest absolute Gasteiger partial charge is 0.383 e. The second kappa shape index (κ2) is 4.85. The highest BCUT2D eigenvalue weighted by Gasteiger charge is 2.49. The number of benzene rings is 1. The van der Waals surface area contributed by atoms with Crippen LogP contribution in [-0.4, -0.2) is 22.7 Å². The Kier molecular flexibility index (Phi) is 3.28. The van der Waals surface area contributed by atoms with E-state index in [4.69, 9.17) is 0 Å². The van der Waals surface area contributed by atoms with Gasteiger partial charge in [0.05, 0.1) is 0 Å². The fourth-order valence-corrected chi connectivity index (χ4v) is 3.99. The molecule has 1 saturated carbocycles. The van der Waals surface area contributed by atoms with Gasteiger partial charge in [0.2, 0.25) is 5.91 Å². The van der Waals surface area contributed by atoms with Crippen molar-refractivity contribution in [2.75, 3.05) is 0 Å². The van der Waals surface area contributed by atoms with E-state index < -0.39 is 6.10 Å². The molecule has 1 aliphatic carbocycles. The Hall–Kier alpha value is -1.42. The van der Waals surface area contributed by atoms with Gasteiger partial charge in [0.25, 0.3) is 0 Å². The van der Waals surface area contributed by atoms with Gasteiger partial charge in [0.1, 0.15) is 11.9 Å². The van der Waals surface area contributed by atoms with Crippen molar-refractivity contribution in [2.24, 2.45) is 5.92 Å². The lowest BCUT2D eigenvalue weighted by Crippen LogP contribution is -2.46. The zero-order valence-corrected chi connectivity index (χ0v) is 11.6. The minimum absolute atomic E-state index is 0.223. The van der Waals surface area contributed by atoms with Crippen molar-refractivity contribution in [2.45, 2.75) is 50.2 Å². The van der Waals surface area contributed by atoms with Crippen molar-refractivity contribution in [3.05, 3.63) is 35.6 Å². The van der Waals surface area contributed by atoms with Crippen molar-refractivity contribution in [3.63, 3.8) is 0 Å². The molecular formula is C16H20FNO2. The molecule has 4 atom stereocenters. The maximum atomic E-state index is 13.1. The molecule has 4 heteroatoms. The maximum absolute atomic E-state index is 13.1. The standard InChI is InChI=1S/C16H20FNO2/c1-16(9-14(19)15(20)18-16)13-4-2-3-12(13)10-5-7-11(17)8-6-10/h5-8,12-14,19H,2-4,9H2,1H3,(H,18,20). The predicted octanol–water partition coefficient (Wildman–Crippen LogP) is 2.35. The molecule has 1 aliphatic heterocycles. The average molecular weight is 277 g/mol. The number of rotatable bonds is 2. The molecule has 20 heavy (non-hydrogen) atoms. The number of hydrogen-bond donors (Lipinski definition) is 2. The number of carbonyl (C=O) groups excluding carboxylic acids is 1. The maximum Gasteiger partial charge on any atom is 0.249 e. The summed E-state index contributed by atoms with van der Waals surface area (Å²) < 4.78 is 13.1. The third-order valence-electron chi connectivity index (χ3n) is 4.96. The molecule has 4 unspecified atom stereocenters. The molecule has 1 amide bonds. The van der Waals surface area contributed by atoms with Gasteiger partial charge in [-0.2, -0.15) is 0 Å². The van der Waals surface area contributed by atoms with Crippen LogP contribution >= 0.6 is 0 Å². The fourth-order valence-electron chi connectivity index (χ4n) is 3.99. The summed E-state index contributed by atoms with van der Waals surface area (Å²) in [5, 5.41) is 12.7. The molecule has 3 nitrogen and oxygen atoms in total. The molecule has 2 fully saturated rings. The summed E-state index contributed by atoms with van der Waals surface area (Å²) in [6.45, 7) is 2.02. The van der Waals surface area contributed by atoms with Gasteiger partial charge in [-0.1, -0.05) is 18.6 Å². The highest BCUT2D eigenvalue weighted by molar-refractivity contribution is 5.84. The fraction of sp³-hybridized carbons (Fsp3) is 0.562. The summed E-state index contributed by atoms with van der Waals surface area (Å²) in [4.78, 5) is 11.6. The van der Waals surface area contributed by atoms with E-state index in [1.165, 1.54) is 12.1 Å². The van der Waals surface area contributed by atoms with Gasteiger partial charge < -0.3 is 10.4 Å².